The molecule has 0 heterocycles. The number of rotatable bonds is 3. The molecule has 0 spiro atoms. The van der Waals surface area contributed by atoms with Gasteiger partial charge in [0, 0.05) is 12.0 Å². The molecule has 0 aromatic carbocycles. The van der Waals surface area contributed by atoms with E-state index in [0.717, 1.165) is 0 Å². The van der Waals surface area contributed by atoms with Crippen LogP contribution >= 0.6 is 0 Å². The number of nitrogens with one attached hydrogen (secondary N) is 2. The first-order chi connectivity index (χ1) is 14.6. The van der Waals surface area contributed by atoms with Gasteiger partial charge in [0.2, 0.25) is 0 Å². The summed E-state index contributed by atoms with van der Waals surface area (Å²) in [5.74, 6) is 0.239. The Morgan fingerprint density at radius 2 is 1.41 bits per heavy atom. The largest absolute Gasteiger partial charge is 0.444 e. The number of carbonyl (C=O) groups is 4. The predicted octanol–water partition coefficient (Wildman–Crippen LogP) is 5.28. The Morgan fingerprint density at radius 3 is 1.82 bits per heavy atom. The highest BCUT2D eigenvalue weighted by Gasteiger charge is 2.27. The van der Waals surface area contributed by atoms with Gasteiger partial charge in [0.25, 0.3) is 0 Å². The molecule has 2 N–H and O–H groups in total. The van der Waals surface area contributed by atoms with Crippen molar-refractivity contribution in [2.24, 2.45) is 5.92 Å². The Labute approximate surface area is 205 Å². The van der Waals surface area contributed by atoms with Gasteiger partial charge in [0.05, 0.1) is 12.1 Å². The van der Waals surface area contributed by atoms with Gasteiger partial charge in [-0.3, -0.25) is 9.59 Å². The number of amides is 2. The summed E-state index contributed by atoms with van der Waals surface area (Å²) >= 11 is 0. The molecule has 2 aliphatic rings. The molecule has 0 aromatic rings. The average Bonchev–Trinajstić information content (AvgIpc) is 3.11. The Balaban J connectivity index is 0. The van der Waals surface area contributed by atoms with Crippen LogP contribution in [0.1, 0.15) is 76.7 Å². The summed E-state index contributed by atoms with van der Waals surface area (Å²) in [5.41, 5.74) is -0.440. The first-order valence-corrected chi connectivity index (χ1v) is 10.7. The highest BCUT2D eigenvalue weighted by molar-refractivity contribution is 6.08. The molecule has 194 valence electrons. The zero-order valence-corrected chi connectivity index (χ0v) is 20.3. The average molecular weight is 481 g/mol. The summed E-state index contributed by atoms with van der Waals surface area (Å²) in [6, 6.07) is -0.591. The van der Waals surface area contributed by atoms with Gasteiger partial charge in [-0.25, -0.2) is 9.59 Å². The monoisotopic (exact) mass is 480 g/mol. The minimum atomic E-state index is -0.543. The smallest absolute Gasteiger partial charge is 0.408 e. The van der Waals surface area contributed by atoms with Crippen LogP contribution in [0.25, 0.3) is 0 Å². The quantitative estimate of drug-likeness (QED) is 0.532. The fourth-order valence-electron chi connectivity index (χ4n) is 2.78. The molecular formula is C26H44N2O6. The van der Waals surface area contributed by atoms with Crippen LogP contribution in [0, 0.1) is 5.92 Å². The van der Waals surface area contributed by atoms with Crippen molar-refractivity contribution >= 4 is 23.8 Å². The summed E-state index contributed by atoms with van der Waals surface area (Å²) in [5, 5.41) is 5.28. The number of hydrogen-bond donors (Lipinski definition) is 2. The maximum Gasteiger partial charge on any atom is 0.408 e. The van der Waals surface area contributed by atoms with Gasteiger partial charge in [-0.05, 0) is 59.6 Å². The van der Waals surface area contributed by atoms with Crippen LogP contribution in [0.5, 0.6) is 0 Å². The maximum absolute atomic E-state index is 11.6. The van der Waals surface area contributed by atoms with Gasteiger partial charge < -0.3 is 20.1 Å². The van der Waals surface area contributed by atoms with Crippen LogP contribution in [0.4, 0.5) is 9.59 Å². The third-order valence-corrected chi connectivity index (χ3v) is 3.88. The zero-order valence-electron chi connectivity index (χ0n) is 20.3. The van der Waals surface area contributed by atoms with Gasteiger partial charge in [-0.2, -0.15) is 0 Å². The maximum atomic E-state index is 11.6. The molecule has 2 unspecified atom stereocenters. The first-order valence-electron chi connectivity index (χ1n) is 10.7. The second kappa shape index (κ2) is 13.7. The van der Waals surface area contributed by atoms with Crippen LogP contribution < -0.4 is 10.6 Å². The van der Waals surface area contributed by atoms with Crippen LogP contribution in [-0.2, 0) is 19.1 Å². The molecule has 0 fully saturated rings. The zero-order chi connectivity index (χ0) is 24.7. The van der Waals surface area contributed by atoms with Gasteiger partial charge >= 0.3 is 12.2 Å². The fourth-order valence-corrected chi connectivity index (χ4v) is 2.78. The lowest BCUT2D eigenvalue weighted by Crippen LogP contribution is -2.38. The molecule has 2 atom stereocenters. The highest BCUT2D eigenvalue weighted by atomic mass is 16.6. The summed E-state index contributed by atoms with van der Waals surface area (Å²) < 4.78 is 10.2. The molecule has 8 heteroatoms. The highest BCUT2D eigenvalue weighted by Crippen LogP contribution is 2.18. The van der Waals surface area contributed by atoms with Gasteiger partial charge in [0.1, 0.15) is 11.2 Å². The van der Waals surface area contributed by atoms with Crippen molar-refractivity contribution in [1.29, 1.82) is 0 Å². The molecule has 0 saturated carbocycles. The van der Waals surface area contributed by atoms with E-state index in [0.29, 0.717) is 12.0 Å². The van der Waals surface area contributed by atoms with Gasteiger partial charge in [0.15, 0.2) is 11.6 Å². The summed E-state index contributed by atoms with van der Waals surface area (Å²) in [6.07, 6.45) is 7.51. The van der Waals surface area contributed by atoms with Crippen molar-refractivity contribution in [3.05, 3.63) is 36.0 Å². The lowest BCUT2D eigenvalue weighted by Gasteiger charge is -2.21. The topological polar surface area (TPSA) is 111 Å². The Hall–Kier alpha value is -2.90. The second-order valence-corrected chi connectivity index (χ2v) is 10.00. The number of hydrogen-bond acceptors (Lipinski definition) is 6. The third kappa shape index (κ3) is 13.6. The Bertz CT molecular complexity index is 810. The fraction of sp³-hybridized carbons (Fsp3) is 0.615. The van der Waals surface area contributed by atoms with E-state index in [1.807, 2.05) is 19.9 Å². The van der Waals surface area contributed by atoms with Gasteiger partial charge in [-0.1, -0.05) is 46.9 Å². The van der Waals surface area contributed by atoms with Crippen LogP contribution in [0.2, 0.25) is 0 Å². The minimum absolute atomic E-state index is 0. The lowest BCUT2D eigenvalue weighted by molar-refractivity contribution is -0.114. The lowest BCUT2D eigenvalue weighted by atomic mass is 10.0. The molecule has 2 aliphatic carbocycles. The molecule has 0 aliphatic heterocycles. The standard InChI is InChI=1S/C14H21NO3.C10H15NO3.2CH4/c1-9(2)8-10-11(6-7-12(10)16)15-13(17)18-14(3,4)5;1-10(2,3)14-9(13)11-7-4-5-8(12)6-7;;/h6-9,11H,1-5H3,(H,15,17);4-5,7H,6H2,1-3H3,(H,11,13);2*1H4/b10-8+;;;. The van der Waals surface area contributed by atoms with Crippen LogP contribution in [0.3, 0.4) is 0 Å². The Kier molecular flexibility index (Phi) is 13.4. The molecule has 34 heavy (non-hydrogen) atoms. The number of ketones is 2. The number of allylic oxidation sites excluding steroid dienone is 3. The second-order valence-electron chi connectivity index (χ2n) is 10.00. The molecule has 0 aromatic heterocycles. The van der Waals surface area contributed by atoms with Crippen molar-refractivity contribution in [2.75, 3.05) is 0 Å². The van der Waals surface area contributed by atoms with E-state index in [4.69, 9.17) is 9.47 Å². The normalized spacial score (nSPS) is 20.2. The number of alkyl carbamates (subject to hydrolysis) is 2. The van der Waals surface area contributed by atoms with Crippen molar-refractivity contribution < 1.29 is 28.7 Å². The van der Waals surface area contributed by atoms with Gasteiger partial charge in [-0.15, -0.1) is 0 Å². The molecular weight excluding hydrogens is 436 g/mol. The summed E-state index contributed by atoms with van der Waals surface area (Å²) in [7, 11) is 0. The molecule has 0 bridgehead atoms. The van der Waals surface area contributed by atoms with Crippen molar-refractivity contribution in [2.45, 2.75) is 99.9 Å². The first kappa shape index (κ1) is 33.3. The van der Waals surface area contributed by atoms with E-state index >= 15 is 0 Å². The minimum Gasteiger partial charge on any atom is -0.444 e. The number of carbonyl (C=O) groups excluding carboxylic acids is 4. The Morgan fingerprint density at radius 1 is 0.912 bits per heavy atom. The molecule has 2 rings (SSSR count). The van der Waals surface area contributed by atoms with Crippen molar-refractivity contribution in [1.82, 2.24) is 10.6 Å². The predicted molar refractivity (Wildman–Crippen MR) is 136 cm³/mol. The summed E-state index contributed by atoms with van der Waals surface area (Å²) in [4.78, 5) is 45.4. The molecule has 8 nitrogen and oxygen atoms in total. The van der Waals surface area contributed by atoms with E-state index in [2.05, 4.69) is 10.6 Å². The van der Waals surface area contributed by atoms with Crippen LogP contribution in [0.15, 0.2) is 36.0 Å². The van der Waals surface area contributed by atoms with E-state index in [1.54, 1.807) is 53.7 Å². The van der Waals surface area contributed by atoms with Crippen LogP contribution in [-0.4, -0.2) is 47.0 Å². The van der Waals surface area contributed by atoms with E-state index in [9.17, 15) is 19.2 Å². The van der Waals surface area contributed by atoms with Crippen molar-refractivity contribution in [3.8, 4) is 0 Å². The molecule has 2 amide bonds. The summed E-state index contributed by atoms with van der Waals surface area (Å²) in [6.45, 7) is 14.8. The molecule has 0 saturated heterocycles. The third-order valence-electron chi connectivity index (χ3n) is 3.88. The SMILES string of the molecule is C.C.CC(C)(C)OC(=O)NC1C=CC(=O)C1.CC(C)/C=C1/C(=O)C=CC1NC(=O)OC(C)(C)C. The van der Waals surface area contributed by atoms with Crippen molar-refractivity contribution in [3.63, 3.8) is 0 Å². The van der Waals surface area contributed by atoms with E-state index in [1.165, 1.54) is 12.2 Å². The van der Waals surface area contributed by atoms with E-state index < -0.39 is 23.4 Å². The van der Waals surface area contributed by atoms with E-state index in [-0.39, 0.29) is 44.4 Å². The molecule has 0 radical (unpaired) electrons. The number of ether oxygens (including phenoxy) is 2.